The number of aliphatic imine (C=N–C) groups is 2. The number of rotatable bonds is 5. The van der Waals surface area contributed by atoms with Gasteiger partial charge >= 0.3 is 0 Å². The zero-order valence-corrected chi connectivity index (χ0v) is 30.7. The van der Waals surface area contributed by atoms with Crippen LogP contribution in [0.3, 0.4) is 0 Å². The zero-order chi connectivity index (χ0) is 36.1. The highest BCUT2D eigenvalue weighted by Gasteiger charge is 2.50. The molecule has 2 nitrogen and oxygen atoms in total. The molecule has 1 unspecified atom stereocenters. The third-order valence-corrected chi connectivity index (χ3v) is 11.6. The second-order valence-electron chi connectivity index (χ2n) is 14.4. The summed E-state index contributed by atoms with van der Waals surface area (Å²) in [6, 6.07) is 48.9. The Morgan fingerprint density at radius 3 is 2.19 bits per heavy atom. The van der Waals surface area contributed by atoms with Crippen LogP contribution in [0, 0.1) is 0 Å². The Bertz CT molecular complexity index is 2600. The minimum absolute atomic E-state index is 0.361. The molecule has 0 saturated heterocycles. The molecule has 0 aromatic heterocycles. The normalized spacial score (nSPS) is 17.8. The van der Waals surface area contributed by atoms with Crippen LogP contribution in [-0.4, -0.2) is 11.5 Å². The minimum Gasteiger partial charge on any atom is -0.233 e. The molecule has 256 valence electrons. The molecule has 3 aliphatic carbocycles. The van der Waals surface area contributed by atoms with E-state index < -0.39 is 0 Å². The van der Waals surface area contributed by atoms with Gasteiger partial charge in [0.05, 0.1) is 11.1 Å². The summed E-state index contributed by atoms with van der Waals surface area (Å²) >= 11 is 0. The largest absolute Gasteiger partial charge is 0.233 e. The van der Waals surface area contributed by atoms with Crippen molar-refractivity contribution in [2.24, 2.45) is 9.98 Å². The molecule has 9 rings (SSSR count). The highest BCUT2D eigenvalue weighted by Crippen LogP contribution is 2.62. The molecule has 0 amide bonds. The van der Waals surface area contributed by atoms with Crippen LogP contribution in [0.25, 0.3) is 44.3 Å². The molecule has 0 aliphatic heterocycles. The summed E-state index contributed by atoms with van der Waals surface area (Å²) in [4.78, 5) is 9.92. The van der Waals surface area contributed by atoms with E-state index in [0.29, 0.717) is 11.5 Å². The van der Waals surface area contributed by atoms with Crippen LogP contribution in [-0.2, 0) is 5.41 Å². The summed E-state index contributed by atoms with van der Waals surface area (Å²) in [5.74, 6) is 0.660. The lowest BCUT2D eigenvalue weighted by Crippen LogP contribution is -2.33. The lowest BCUT2D eigenvalue weighted by molar-refractivity contribution is 0.681. The molecule has 1 spiro atoms. The first-order chi connectivity index (χ1) is 26.0. The van der Waals surface area contributed by atoms with Gasteiger partial charge in [-0.25, -0.2) is 9.98 Å². The van der Waals surface area contributed by atoms with E-state index in [1.54, 1.807) is 0 Å². The minimum atomic E-state index is -0.361. The quantitative estimate of drug-likeness (QED) is 0.128. The number of allylic oxidation sites excluding steroid dienone is 6. The van der Waals surface area contributed by atoms with Gasteiger partial charge in [0, 0.05) is 11.3 Å². The molecule has 0 saturated carbocycles. The van der Waals surface area contributed by atoms with Crippen LogP contribution < -0.4 is 0 Å². The fourth-order valence-electron chi connectivity index (χ4n) is 8.83. The highest BCUT2D eigenvalue weighted by molar-refractivity contribution is 6.12. The van der Waals surface area contributed by atoms with Gasteiger partial charge < -0.3 is 0 Å². The summed E-state index contributed by atoms with van der Waals surface area (Å²) in [6.07, 6.45) is 10.2. The molecule has 0 heterocycles. The van der Waals surface area contributed by atoms with Crippen molar-refractivity contribution < 1.29 is 0 Å². The average molecular weight is 683 g/mol. The fourth-order valence-corrected chi connectivity index (χ4v) is 8.83. The van der Waals surface area contributed by atoms with Gasteiger partial charge in [-0.15, -0.1) is 0 Å². The SMILES string of the molecule is C=C(N=C(N=C(C)/C(C)=C/C)c1ccccc1)c1ccc(-c2ccc3c(c2)C2(C4=C3C=CCCC4)c3ccccc3-c3cccc4cccc2c34)cc1. The average Bonchev–Trinajstić information content (AvgIpc) is 3.31. The Kier molecular flexibility index (Phi) is 8.12. The van der Waals surface area contributed by atoms with E-state index in [0.717, 1.165) is 41.7 Å². The van der Waals surface area contributed by atoms with Crippen LogP contribution in [0.4, 0.5) is 0 Å². The van der Waals surface area contributed by atoms with E-state index in [4.69, 9.17) is 9.98 Å². The van der Waals surface area contributed by atoms with Gasteiger partial charge in [0.1, 0.15) is 0 Å². The first-order valence-corrected chi connectivity index (χ1v) is 18.8. The van der Waals surface area contributed by atoms with Crippen LogP contribution in [0.1, 0.15) is 73.4 Å². The van der Waals surface area contributed by atoms with E-state index >= 15 is 0 Å². The summed E-state index contributed by atoms with van der Waals surface area (Å²) in [5.41, 5.74) is 17.9. The maximum absolute atomic E-state index is 4.98. The first-order valence-electron chi connectivity index (χ1n) is 18.8. The third kappa shape index (κ3) is 5.24. The number of benzene rings is 6. The molecule has 6 aromatic rings. The van der Waals surface area contributed by atoms with Crippen LogP contribution >= 0.6 is 0 Å². The van der Waals surface area contributed by atoms with Crippen LogP contribution in [0.2, 0.25) is 0 Å². The van der Waals surface area contributed by atoms with Crippen molar-refractivity contribution in [3.8, 4) is 22.3 Å². The Balaban J connectivity index is 1.17. The fraction of sp³-hybridized carbons (Fsp3) is 0.137. The van der Waals surface area contributed by atoms with Gasteiger partial charge in [0.15, 0.2) is 5.84 Å². The van der Waals surface area contributed by atoms with Crippen molar-refractivity contribution in [3.63, 3.8) is 0 Å². The molecule has 0 N–H and O–H groups in total. The van der Waals surface area contributed by atoms with E-state index in [1.807, 2.05) is 44.2 Å². The molecule has 53 heavy (non-hydrogen) atoms. The maximum atomic E-state index is 4.98. The summed E-state index contributed by atoms with van der Waals surface area (Å²) in [6.45, 7) is 10.5. The molecular weight excluding hydrogens is 641 g/mol. The van der Waals surface area contributed by atoms with Crippen LogP contribution in [0.5, 0.6) is 0 Å². The van der Waals surface area contributed by atoms with Gasteiger partial charge in [-0.1, -0.05) is 152 Å². The smallest absolute Gasteiger partial charge is 0.159 e. The Morgan fingerprint density at radius 2 is 1.38 bits per heavy atom. The van der Waals surface area contributed by atoms with E-state index in [1.165, 1.54) is 66.4 Å². The van der Waals surface area contributed by atoms with Crippen molar-refractivity contribution in [1.29, 1.82) is 0 Å². The molecule has 0 fully saturated rings. The van der Waals surface area contributed by atoms with Gasteiger partial charge in [0.25, 0.3) is 0 Å². The second-order valence-corrected chi connectivity index (χ2v) is 14.4. The number of hydrogen-bond acceptors (Lipinski definition) is 1. The molecule has 1 atom stereocenters. The van der Waals surface area contributed by atoms with Gasteiger partial charge in [-0.2, -0.15) is 0 Å². The third-order valence-electron chi connectivity index (χ3n) is 11.6. The molecule has 6 aromatic carbocycles. The van der Waals surface area contributed by atoms with E-state index in [-0.39, 0.29) is 5.41 Å². The highest BCUT2D eigenvalue weighted by atomic mass is 14.9. The predicted molar refractivity (Wildman–Crippen MR) is 226 cm³/mol. The summed E-state index contributed by atoms with van der Waals surface area (Å²) in [5, 5.41) is 2.68. The van der Waals surface area contributed by atoms with Crippen molar-refractivity contribution in [3.05, 3.63) is 203 Å². The number of amidine groups is 1. The number of nitrogens with zero attached hydrogens (tertiary/aromatic N) is 2. The van der Waals surface area contributed by atoms with Crippen molar-refractivity contribution in [2.45, 2.75) is 45.4 Å². The number of fused-ring (bicyclic) bond motifs is 8. The van der Waals surface area contributed by atoms with E-state index in [9.17, 15) is 0 Å². The molecule has 3 aliphatic rings. The molecule has 0 radical (unpaired) electrons. The molecular formula is C51H42N2. The second kappa shape index (κ2) is 13.1. The standard InChI is InChI=1S/C51H42N2/c1-5-33(2)34(3)52-50(39-16-8-6-9-17-39)53-35(4)36-26-28-37(29-27-36)40-30-31-43-41-20-10-7-11-23-45(41)51(48(43)32-40)46-24-13-12-21-42(46)44-22-14-18-38-19-15-25-47(51)49(38)44/h5-6,8-10,12-22,24-32H,4,7,11,23H2,1-3H3/b33-5+,52-34?,53-50?. The van der Waals surface area contributed by atoms with E-state index in [2.05, 4.69) is 135 Å². The van der Waals surface area contributed by atoms with Crippen LogP contribution in [0.15, 0.2) is 179 Å². The lowest BCUT2D eigenvalue weighted by atomic mass is 9.60. The van der Waals surface area contributed by atoms with Gasteiger partial charge in [-0.05, 0) is 124 Å². The summed E-state index contributed by atoms with van der Waals surface area (Å²) in [7, 11) is 0. The van der Waals surface area contributed by atoms with Gasteiger partial charge in [-0.3, -0.25) is 0 Å². The van der Waals surface area contributed by atoms with Crippen molar-refractivity contribution in [2.75, 3.05) is 0 Å². The maximum Gasteiger partial charge on any atom is 0.159 e. The summed E-state index contributed by atoms with van der Waals surface area (Å²) < 4.78 is 0. The first kappa shape index (κ1) is 32.8. The Labute approximate surface area is 313 Å². The van der Waals surface area contributed by atoms with Crippen molar-refractivity contribution >= 4 is 33.6 Å². The lowest BCUT2D eigenvalue weighted by Gasteiger charge is -2.41. The Morgan fingerprint density at radius 1 is 0.660 bits per heavy atom. The Hall–Kier alpha value is -6.12. The zero-order valence-electron chi connectivity index (χ0n) is 30.7. The number of hydrogen-bond donors (Lipinski definition) is 0. The van der Waals surface area contributed by atoms with Crippen molar-refractivity contribution in [1.82, 2.24) is 0 Å². The molecule has 2 heteroatoms. The molecule has 0 bridgehead atoms. The van der Waals surface area contributed by atoms with Gasteiger partial charge in [0.2, 0.25) is 0 Å². The monoisotopic (exact) mass is 682 g/mol. The predicted octanol–water partition coefficient (Wildman–Crippen LogP) is 13.2. The topological polar surface area (TPSA) is 24.7 Å².